The SMILES string of the molecule is C=CCCCN(C)S(=O)(=O)N1CCCC(CNCC)C1. The molecule has 0 saturated carbocycles. The predicted octanol–water partition coefficient (Wildman–Crippen LogP) is 1.45. The minimum Gasteiger partial charge on any atom is -0.317 e. The summed E-state index contributed by atoms with van der Waals surface area (Å²) < 4.78 is 28.1. The summed E-state index contributed by atoms with van der Waals surface area (Å²) in [6, 6.07) is 0. The highest BCUT2D eigenvalue weighted by Gasteiger charge is 2.31. The second-order valence-electron chi connectivity index (χ2n) is 5.43. The summed E-state index contributed by atoms with van der Waals surface area (Å²) in [6.45, 7) is 9.43. The summed E-state index contributed by atoms with van der Waals surface area (Å²) in [5, 5.41) is 3.31. The number of piperidine rings is 1. The van der Waals surface area contributed by atoms with Crippen molar-refractivity contribution in [2.24, 2.45) is 5.92 Å². The molecule has 1 heterocycles. The van der Waals surface area contributed by atoms with Gasteiger partial charge in [0.15, 0.2) is 0 Å². The zero-order chi connectivity index (χ0) is 15.0. The molecule has 0 aromatic rings. The van der Waals surface area contributed by atoms with E-state index in [1.165, 1.54) is 4.31 Å². The fraction of sp³-hybridized carbons (Fsp3) is 0.857. The smallest absolute Gasteiger partial charge is 0.281 e. The molecule has 1 atom stereocenters. The molecule has 20 heavy (non-hydrogen) atoms. The number of allylic oxidation sites excluding steroid dienone is 1. The second kappa shape index (κ2) is 8.77. The molecule has 0 spiro atoms. The lowest BCUT2D eigenvalue weighted by atomic mass is 10.00. The fourth-order valence-corrected chi connectivity index (χ4v) is 4.04. The molecule has 1 fully saturated rings. The molecule has 0 radical (unpaired) electrons. The number of nitrogens with zero attached hydrogens (tertiary/aromatic N) is 2. The van der Waals surface area contributed by atoms with E-state index in [0.717, 1.165) is 38.8 Å². The standard InChI is InChI=1S/C14H29N3O2S/c1-4-6-7-10-16(3)20(18,19)17-11-8-9-14(13-17)12-15-5-2/h4,14-15H,1,5-13H2,2-3H3. The van der Waals surface area contributed by atoms with Gasteiger partial charge in [0.2, 0.25) is 0 Å². The number of hydrogen-bond acceptors (Lipinski definition) is 3. The second-order valence-corrected chi connectivity index (χ2v) is 7.47. The molecule has 1 aliphatic rings. The van der Waals surface area contributed by atoms with Crippen LogP contribution in [0.4, 0.5) is 0 Å². The van der Waals surface area contributed by atoms with Gasteiger partial charge in [-0.3, -0.25) is 0 Å². The Morgan fingerprint density at radius 1 is 1.50 bits per heavy atom. The lowest BCUT2D eigenvalue weighted by molar-refractivity contribution is 0.247. The van der Waals surface area contributed by atoms with Crippen LogP contribution in [0.1, 0.15) is 32.6 Å². The molecule has 0 aromatic heterocycles. The molecule has 1 N–H and O–H groups in total. The lowest BCUT2D eigenvalue weighted by Gasteiger charge is -2.34. The summed E-state index contributed by atoms with van der Waals surface area (Å²) in [5.74, 6) is 0.431. The van der Waals surface area contributed by atoms with Gasteiger partial charge in [-0.15, -0.1) is 6.58 Å². The molecule has 1 rings (SSSR count). The van der Waals surface area contributed by atoms with Crippen LogP contribution >= 0.6 is 0 Å². The van der Waals surface area contributed by atoms with E-state index in [0.29, 0.717) is 25.6 Å². The van der Waals surface area contributed by atoms with Gasteiger partial charge in [0.05, 0.1) is 0 Å². The van der Waals surface area contributed by atoms with E-state index in [9.17, 15) is 8.42 Å². The Bertz CT molecular complexity index is 384. The van der Waals surface area contributed by atoms with Crippen LogP contribution in [-0.4, -0.2) is 56.8 Å². The van der Waals surface area contributed by atoms with E-state index in [2.05, 4.69) is 18.8 Å². The third kappa shape index (κ3) is 5.16. The van der Waals surface area contributed by atoms with E-state index >= 15 is 0 Å². The van der Waals surface area contributed by atoms with Gasteiger partial charge in [-0.1, -0.05) is 13.0 Å². The Morgan fingerprint density at radius 2 is 2.25 bits per heavy atom. The monoisotopic (exact) mass is 303 g/mol. The highest BCUT2D eigenvalue weighted by molar-refractivity contribution is 7.86. The normalized spacial score (nSPS) is 21.2. The van der Waals surface area contributed by atoms with Crippen LogP contribution in [0.2, 0.25) is 0 Å². The van der Waals surface area contributed by atoms with Gasteiger partial charge in [0.1, 0.15) is 0 Å². The molecule has 1 unspecified atom stereocenters. The van der Waals surface area contributed by atoms with Crippen LogP contribution in [0.15, 0.2) is 12.7 Å². The van der Waals surface area contributed by atoms with Gasteiger partial charge in [0.25, 0.3) is 10.2 Å². The molecule has 0 amide bonds. The fourth-order valence-electron chi connectivity index (χ4n) is 2.52. The van der Waals surface area contributed by atoms with E-state index in [1.54, 1.807) is 11.4 Å². The molecular weight excluding hydrogens is 274 g/mol. The zero-order valence-electron chi connectivity index (χ0n) is 12.8. The summed E-state index contributed by atoms with van der Waals surface area (Å²) in [6.07, 6.45) is 5.57. The average Bonchev–Trinajstić information content (AvgIpc) is 2.45. The molecule has 0 aromatic carbocycles. The summed E-state index contributed by atoms with van der Waals surface area (Å²) in [4.78, 5) is 0. The first kappa shape index (κ1) is 17.6. The van der Waals surface area contributed by atoms with Crippen LogP contribution < -0.4 is 5.32 Å². The zero-order valence-corrected chi connectivity index (χ0v) is 13.7. The number of hydrogen-bond donors (Lipinski definition) is 1. The summed E-state index contributed by atoms with van der Waals surface area (Å²) in [7, 11) is -1.62. The van der Waals surface area contributed by atoms with E-state index in [1.807, 2.05) is 6.08 Å². The average molecular weight is 303 g/mol. The summed E-state index contributed by atoms with van der Waals surface area (Å²) >= 11 is 0. The van der Waals surface area contributed by atoms with E-state index < -0.39 is 10.2 Å². The Kier molecular flexibility index (Phi) is 7.72. The molecule has 5 nitrogen and oxygen atoms in total. The Morgan fingerprint density at radius 3 is 2.90 bits per heavy atom. The molecular formula is C14H29N3O2S. The first-order valence-electron chi connectivity index (χ1n) is 7.55. The van der Waals surface area contributed by atoms with Crippen molar-refractivity contribution < 1.29 is 8.42 Å². The molecule has 0 aliphatic carbocycles. The molecule has 1 aliphatic heterocycles. The van der Waals surface area contributed by atoms with Crippen molar-refractivity contribution in [1.29, 1.82) is 0 Å². The van der Waals surface area contributed by atoms with E-state index in [-0.39, 0.29) is 0 Å². The number of rotatable bonds is 9. The maximum absolute atomic E-state index is 12.5. The highest BCUT2D eigenvalue weighted by Crippen LogP contribution is 2.20. The maximum Gasteiger partial charge on any atom is 0.281 e. The third-order valence-electron chi connectivity index (χ3n) is 3.77. The third-order valence-corrected chi connectivity index (χ3v) is 5.72. The van der Waals surface area contributed by atoms with Crippen LogP contribution in [-0.2, 0) is 10.2 Å². The van der Waals surface area contributed by atoms with Gasteiger partial charge in [-0.25, -0.2) is 0 Å². The van der Waals surface area contributed by atoms with Crippen molar-refractivity contribution in [1.82, 2.24) is 13.9 Å². The van der Waals surface area contributed by atoms with Crippen molar-refractivity contribution in [2.75, 3.05) is 39.8 Å². The summed E-state index contributed by atoms with van der Waals surface area (Å²) in [5.41, 5.74) is 0. The van der Waals surface area contributed by atoms with Gasteiger partial charge >= 0.3 is 0 Å². The van der Waals surface area contributed by atoms with Crippen molar-refractivity contribution in [3.8, 4) is 0 Å². The molecule has 0 bridgehead atoms. The van der Waals surface area contributed by atoms with Crippen LogP contribution in [0, 0.1) is 5.92 Å². The molecule has 6 heteroatoms. The van der Waals surface area contributed by atoms with Crippen molar-refractivity contribution in [2.45, 2.75) is 32.6 Å². The maximum atomic E-state index is 12.5. The van der Waals surface area contributed by atoms with Crippen molar-refractivity contribution in [3.63, 3.8) is 0 Å². The number of unbranched alkanes of at least 4 members (excludes halogenated alkanes) is 1. The lowest BCUT2D eigenvalue weighted by Crippen LogP contribution is -2.48. The molecule has 118 valence electrons. The van der Waals surface area contributed by atoms with Crippen LogP contribution in [0.3, 0.4) is 0 Å². The van der Waals surface area contributed by atoms with Gasteiger partial charge < -0.3 is 5.32 Å². The quantitative estimate of drug-likeness (QED) is 0.518. The van der Waals surface area contributed by atoms with E-state index in [4.69, 9.17) is 0 Å². The van der Waals surface area contributed by atoms with Crippen LogP contribution in [0.25, 0.3) is 0 Å². The Balaban J connectivity index is 2.54. The minimum atomic E-state index is -3.30. The van der Waals surface area contributed by atoms with Gasteiger partial charge in [0, 0.05) is 26.7 Å². The topological polar surface area (TPSA) is 52.7 Å². The highest BCUT2D eigenvalue weighted by atomic mass is 32.2. The Hall–Kier alpha value is -0.430. The first-order valence-corrected chi connectivity index (χ1v) is 8.95. The van der Waals surface area contributed by atoms with Crippen LogP contribution in [0.5, 0.6) is 0 Å². The largest absolute Gasteiger partial charge is 0.317 e. The number of nitrogens with one attached hydrogen (secondary N) is 1. The predicted molar refractivity (Wildman–Crippen MR) is 83.8 cm³/mol. The minimum absolute atomic E-state index is 0.431. The van der Waals surface area contributed by atoms with Crippen molar-refractivity contribution in [3.05, 3.63) is 12.7 Å². The first-order chi connectivity index (χ1) is 9.52. The Labute approximate surface area is 124 Å². The van der Waals surface area contributed by atoms with Gasteiger partial charge in [-0.05, 0) is 44.7 Å². The van der Waals surface area contributed by atoms with Gasteiger partial charge in [-0.2, -0.15) is 17.0 Å². The van der Waals surface area contributed by atoms with Crippen molar-refractivity contribution >= 4 is 10.2 Å². The molecule has 1 saturated heterocycles.